The molecule has 0 spiro atoms. The molecule has 1 aromatic rings. The molecule has 1 N–H and O–H groups in total. The van der Waals surface area contributed by atoms with Crippen LogP contribution in [0.1, 0.15) is 31.4 Å². The van der Waals surface area contributed by atoms with Gasteiger partial charge in [0, 0.05) is 32.3 Å². The van der Waals surface area contributed by atoms with Crippen molar-refractivity contribution >= 4 is 23.0 Å². The Balaban J connectivity index is 1.95. The minimum atomic E-state index is -0.385. The van der Waals surface area contributed by atoms with Crippen molar-refractivity contribution < 1.29 is 9.66 Å². The van der Waals surface area contributed by atoms with Gasteiger partial charge >= 0.3 is 0 Å². The molecule has 1 aliphatic heterocycles. The fourth-order valence-electron chi connectivity index (χ4n) is 2.43. The molecule has 0 radical (unpaired) electrons. The van der Waals surface area contributed by atoms with Crippen LogP contribution in [0.15, 0.2) is 24.3 Å². The molecule has 0 aromatic heterocycles. The van der Waals surface area contributed by atoms with E-state index in [0.717, 1.165) is 25.0 Å². The standard InChI is InChI=1S/C15H21N3O3S/c1-11(12-5-3-6-13(9-12)18(19)20)17(2)15(22)16-10-14-7-4-8-21-14/h3,5-6,9,11,14H,4,7-8,10H2,1-2H3,(H,16,22)/t11-,14-/m1/s1. The van der Waals surface area contributed by atoms with Gasteiger partial charge in [0.15, 0.2) is 5.11 Å². The highest BCUT2D eigenvalue weighted by molar-refractivity contribution is 7.80. The van der Waals surface area contributed by atoms with E-state index in [2.05, 4.69) is 5.32 Å². The average Bonchev–Trinajstić information content (AvgIpc) is 3.04. The molecule has 1 saturated heterocycles. The number of non-ortho nitro benzene ring substituents is 1. The van der Waals surface area contributed by atoms with E-state index in [-0.39, 0.29) is 22.8 Å². The summed E-state index contributed by atoms with van der Waals surface area (Å²) >= 11 is 5.40. The zero-order valence-electron chi connectivity index (χ0n) is 12.8. The first-order valence-electron chi connectivity index (χ1n) is 7.35. The smallest absolute Gasteiger partial charge is 0.269 e. The lowest BCUT2D eigenvalue weighted by Gasteiger charge is -2.28. The maximum Gasteiger partial charge on any atom is 0.269 e. The number of thiocarbonyl (C=S) groups is 1. The molecule has 1 aromatic carbocycles. The fourth-order valence-corrected chi connectivity index (χ4v) is 2.67. The highest BCUT2D eigenvalue weighted by Crippen LogP contribution is 2.23. The van der Waals surface area contributed by atoms with Crippen molar-refractivity contribution in [2.75, 3.05) is 20.2 Å². The minimum Gasteiger partial charge on any atom is -0.376 e. The molecule has 0 bridgehead atoms. The van der Waals surface area contributed by atoms with E-state index in [4.69, 9.17) is 17.0 Å². The topological polar surface area (TPSA) is 67.6 Å². The second-order valence-electron chi connectivity index (χ2n) is 5.46. The fraction of sp³-hybridized carbons (Fsp3) is 0.533. The molecule has 0 amide bonds. The summed E-state index contributed by atoms with van der Waals surface area (Å²) in [7, 11) is 1.88. The summed E-state index contributed by atoms with van der Waals surface area (Å²) in [4.78, 5) is 12.4. The van der Waals surface area contributed by atoms with Gasteiger partial charge in [-0.1, -0.05) is 12.1 Å². The second-order valence-corrected chi connectivity index (χ2v) is 5.85. The van der Waals surface area contributed by atoms with Crippen LogP contribution in [-0.2, 0) is 4.74 Å². The van der Waals surface area contributed by atoms with E-state index in [1.807, 2.05) is 24.9 Å². The van der Waals surface area contributed by atoms with Crippen molar-refractivity contribution in [3.63, 3.8) is 0 Å². The molecule has 1 aliphatic rings. The van der Waals surface area contributed by atoms with Crippen LogP contribution in [-0.4, -0.2) is 41.2 Å². The molecule has 7 heteroatoms. The number of hydrogen-bond donors (Lipinski definition) is 1. The van der Waals surface area contributed by atoms with Crippen molar-refractivity contribution in [2.45, 2.75) is 31.9 Å². The Morgan fingerprint density at radius 1 is 1.64 bits per heavy atom. The predicted octanol–water partition coefficient (Wildman–Crippen LogP) is 2.64. The van der Waals surface area contributed by atoms with E-state index in [0.29, 0.717) is 11.7 Å². The summed E-state index contributed by atoms with van der Waals surface area (Å²) in [5, 5.41) is 14.7. The molecule has 6 nitrogen and oxygen atoms in total. The molecule has 0 aliphatic carbocycles. The summed E-state index contributed by atoms with van der Waals surface area (Å²) in [6.07, 6.45) is 2.37. The highest BCUT2D eigenvalue weighted by atomic mass is 32.1. The van der Waals surface area contributed by atoms with Crippen molar-refractivity contribution in [1.29, 1.82) is 0 Å². The minimum absolute atomic E-state index is 0.0515. The van der Waals surface area contributed by atoms with Gasteiger partial charge in [0.05, 0.1) is 17.1 Å². The van der Waals surface area contributed by atoms with Crippen LogP contribution in [0.5, 0.6) is 0 Å². The van der Waals surface area contributed by atoms with Gasteiger partial charge in [0.2, 0.25) is 0 Å². The third-order valence-corrected chi connectivity index (χ3v) is 4.40. The number of rotatable bonds is 5. The van der Waals surface area contributed by atoms with Crippen molar-refractivity contribution in [2.24, 2.45) is 0 Å². The molecule has 2 atom stereocenters. The predicted molar refractivity (Wildman–Crippen MR) is 88.8 cm³/mol. The molecule has 1 fully saturated rings. The molecular weight excluding hydrogens is 302 g/mol. The van der Waals surface area contributed by atoms with Crippen LogP contribution in [0.3, 0.4) is 0 Å². The third kappa shape index (κ3) is 4.14. The monoisotopic (exact) mass is 323 g/mol. The Labute approximate surface area is 135 Å². The van der Waals surface area contributed by atoms with E-state index in [9.17, 15) is 10.1 Å². The molecule has 120 valence electrons. The Bertz CT molecular complexity index is 547. The summed E-state index contributed by atoms with van der Waals surface area (Å²) < 4.78 is 5.55. The summed E-state index contributed by atoms with van der Waals surface area (Å²) in [6.45, 7) is 3.49. The van der Waals surface area contributed by atoms with Gasteiger partial charge < -0.3 is 15.0 Å². The Kier molecular flexibility index (Phi) is 5.68. The molecule has 2 rings (SSSR count). The van der Waals surface area contributed by atoms with Gasteiger partial charge in [-0.25, -0.2) is 0 Å². The van der Waals surface area contributed by atoms with E-state index in [1.54, 1.807) is 12.1 Å². The number of ether oxygens (including phenoxy) is 1. The summed E-state index contributed by atoms with van der Waals surface area (Å²) in [5.74, 6) is 0. The SMILES string of the molecule is C[C@H](c1cccc([N+](=O)[O-])c1)N(C)C(=S)NC[C@H]1CCCO1. The largest absolute Gasteiger partial charge is 0.376 e. The number of nitro groups is 1. The third-order valence-electron chi connectivity index (χ3n) is 3.97. The zero-order chi connectivity index (χ0) is 16.1. The van der Waals surface area contributed by atoms with E-state index >= 15 is 0 Å². The normalized spacial score (nSPS) is 18.7. The van der Waals surface area contributed by atoms with Gasteiger partial charge in [-0.15, -0.1) is 0 Å². The number of nitro benzene ring substituents is 1. The van der Waals surface area contributed by atoms with Gasteiger partial charge in [0.1, 0.15) is 0 Å². The Morgan fingerprint density at radius 3 is 3.05 bits per heavy atom. The van der Waals surface area contributed by atoms with Crippen LogP contribution in [0, 0.1) is 10.1 Å². The van der Waals surface area contributed by atoms with Crippen molar-refractivity contribution in [1.82, 2.24) is 10.2 Å². The number of benzene rings is 1. The molecule has 0 unspecified atom stereocenters. The van der Waals surface area contributed by atoms with Crippen LogP contribution < -0.4 is 5.32 Å². The van der Waals surface area contributed by atoms with Gasteiger partial charge in [-0.05, 0) is 37.5 Å². The number of nitrogens with zero attached hydrogens (tertiary/aromatic N) is 2. The maximum atomic E-state index is 10.9. The van der Waals surface area contributed by atoms with Crippen LogP contribution >= 0.6 is 12.2 Å². The lowest BCUT2D eigenvalue weighted by molar-refractivity contribution is -0.384. The highest BCUT2D eigenvalue weighted by Gasteiger charge is 2.19. The molecule has 0 saturated carbocycles. The van der Waals surface area contributed by atoms with Crippen LogP contribution in [0.25, 0.3) is 0 Å². The average molecular weight is 323 g/mol. The molecule has 1 heterocycles. The first-order chi connectivity index (χ1) is 10.5. The van der Waals surface area contributed by atoms with E-state index in [1.165, 1.54) is 6.07 Å². The maximum absolute atomic E-state index is 10.9. The van der Waals surface area contributed by atoms with Gasteiger partial charge in [-0.3, -0.25) is 10.1 Å². The quantitative estimate of drug-likeness (QED) is 0.510. The zero-order valence-corrected chi connectivity index (χ0v) is 13.6. The first kappa shape index (κ1) is 16.6. The van der Waals surface area contributed by atoms with Gasteiger partial charge in [-0.2, -0.15) is 0 Å². The Hall–Kier alpha value is -1.73. The Morgan fingerprint density at radius 2 is 2.41 bits per heavy atom. The van der Waals surface area contributed by atoms with Gasteiger partial charge in [0.25, 0.3) is 5.69 Å². The number of nitrogens with one attached hydrogen (secondary N) is 1. The van der Waals surface area contributed by atoms with Crippen molar-refractivity contribution in [3.05, 3.63) is 39.9 Å². The van der Waals surface area contributed by atoms with E-state index < -0.39 is 0 Å². The van der Waals surface area contributed by atoms with Crippen molar-refractivity contribution in [3.8, 4) is 0 Å². The summed E-state index contributed by atoms with van der Waals surface area (Å²) in [6, 6.07) is 6.59. The second kappa shape index (κ2) is 7.51. The summed E-state index contributed by atoms with van der Waals surface area (Å²) in [5.41, 5.74) is 0.953. The van der Waals surface area contributed by atoms with Crippen LogP contribution in [0.2, 0.25) is 0 Å². The lowest BCUT2D eigenvalue weighted by Crippen LogP contribution is -2.41. The number of hydrogen-bond acceptors (Lipinski definition) is 4. The lowest BCUT2D eigenvalue weighted by atomic mass is 10.1. The first-order valence-corrected chi connectivity index (χ1v) is 7.76. The molecule has 22 heavy (non-hydrogen) atoms. The van der Waals surface area contributed by atoms with Crippen LogP contribution in [0.4, 0.5) is 5.69 Å². The molecular formula is C15H21N3O3S.